The average Bonchev–Trinajstić information content (AvgIpc) is 3.06. The van der Waals surface area contributed by atoms with Gasteiger partial charge >= 0.3 is 0 Å². The molecular weight excluding hydrogens is 316 g/mol. The van der Waals surface area contributed by atoms with Crippen molar-refractivity contribution in [1.29, 1.82) is 0 Å². The van der Waals surface area contributed by atoms with Gasteiger partial charge in [-0.2, -0.15) is 4.31 Å². The summed E-state index contributed by atoms with van der Waals surface area (Å²) in [6.45, 7) is 3.73. The fourth-order valence-corrected chi connectivity index (χ4v) is 3.70. The number of rotatable bonds is 4. The number of hydrogen-bond donors (Lipinski definition) is 0. The van der Waals surface area contributed by atoms with E-state index >= 15 is 0 Å². The molecule has 2 heterocycles. The first-order chi connectivity index (χ1) is 10.8. The zero-order valence-corrected chi connectivity index (χ0v) is 14.3. The lowest BCUT2D eigenvalue weighted by Gasteiger charge is -2.32. The molecule has 2 atom stereocenters. The highest BCUT2D eigenvalue weighted by Gasteiger charge is 2.36. The zero-order valence-electron chi connectivity index (χ0n) is 13.4. The van der Waals surface area contributed by atoms with Gasteiger partial charge in [-0.25, -0.2) is 8.42 Å². The van der Waals surface area contributed by atoms with Crippen molar-refractivity contribution in [3.8, 4) is 0 Å². The lowest BCUT2D eigenvalue weighted by Crippen LogP contribution is -2.49. The van der Waals surface area contributed by atoms with E-state index in [1.165, 1.54) is 23.1 Å². The van der Waals surface area contributed by atoms with Crippen molar-refractivity contribution in [3.05, 3.63) is 29.7 Å². The van der Waals surface area contributed by atoms with E-state index in [2.05, 4.69) is 6.92 Å². The molecule has 7 heteroatoms. The first-order valence-corrected chi connectivity index (χ1v) is 9.71. The molecule has 0 radical (unpaired) electrons. The van der Waals surface area contributed by atoms with Gasteiger partial charge in [0.2, 0.25) is 15.9 Å². The normalized spacial score (nSPS) is 25.9. The van der Waals surface area contributed by atoms with Crippen LogP contribution in [0.1, 0.15) is 30.8 Å². The molecule has 0 spiro atoms. The number of amides is 1. The van der Waals surface area contributed by atoms with Gasteiger partial charge in [-0.1, -0.05) is 6.92 Å². The fourth-order valence-electron chi connectivity index (χ4n) is 2.87. The van der Waals surface area contributed by atoms with Gasteiger partial charge in [-0.15, -0.1) is 0 Å². The summed E-state index contributed by atoms with van der Waals surface area (Å²) in [5.41, 5.74) is 0. The Balaban J connectivity index is 1.54. The Bertz CT molecular complexity index is 714. The standard InChI is InChI=1S/C16H22N2O4S/c1-12-11-14(12)15-5-3-13(22-15)4-6-16(19)17-7-9-18(10-8-17)23(2,20)21/h3-6,12,14H,7-11H2,1-2H3/b6-4+. The van der Waals surface area contributed by atoms with Crippen molar-refractivity contribution in [1.82, 2.24) is 9.21 Å². The molecule has 23 heavy (non-hydrogen) atoms. The molecule has 1 aromatic rings. The number of sulfonamides is 1. The van der Waals surface area contributed by atoms with Crippen LogP contribution in [-0.4, -0.2) is 56.0 Å². The molecule has 1 aliphatic heterocycles. The number of carbonyl (C=O) groups is 1. The molecule has 6 nitrogen and oxygen atoms in total. The van der Waals surface area contributed by atoms with E-state index in [-0.39, 0.29) is 5.91 Å². The summed E-state index contributed by atoms with van der Waals surface area (Å²) in [4.78, 5) is 13.8. The molecule has 0 aromatic carbocycles. The summed E-state index contributed by atoms with van der Waals surface area (Å²) in [7, 11) is -3.17. The predicted molar refractivity (Wildman–Crippen MR) is 87.3 cm³/mol. The minimum absolute atomic E-state index is 0.115. The summed E-state index contributed by atoms with van der Waals surface area (Å²) in [6, 6.07) is 3.86. The zero-order chi connectivity index (χ0) is 16.6. The molecule has 1 saturated heterocycles. The minimum Gasteiger partial charge on any atom is -0.461 e. The second kappa shape index (κ2) is 6.13. The van der Waals surface area contributed by atoms with Gasteiger partial charge in [0.15, 0.2) is 0 Å². The second-order valence-electron chi connectivity index (χ2n) is 6.38. The van der Waals surface area contributed by atoms with Gasteiger partial charge in [-0.3, -0.25) is 4.79 Å². The first-order valence-electron chi connectivity index (χ1n) is 7.86. The maximum absolute atomic E-state index is 12.2. The molecule has 1 aromatic heterocycles. The average molecular weight is 338 g/mol. The highest BCUT2D eigenvalue weighted by molar-refractivity contribution is 7.88. The van der Waals surface area contributed by atoms with E-state index in [0.717, 1.165) is 5.76 Å². The molecule has 2 fully saturated rings. The topological polar surface area (TPSA) is 70.8 Å². The molecule has 126 valence electrons. The molecule has 0 bridgehead atoms. The molecule has 2 aliphatic rings. The Labute approximate surface area is 136 Å². The first kappa shape index (κ1) is 16.3. The Morgan fingerprint density at radius 1 is 1.26 bits per heavy atom. The molecular formula is C16H22N2O4S. The van der Waals surface area contributed by atoms with Crippen molar-refractivity contribution >= 4 is 22.0 Å². The number of carbonyl (C=O) groups excluding carboxylic acids is 1. The predicted octanol–water partition coefficient (Wildman–Crippen LogP) is 1.52. The Kier molecular flexibility index (Phi) is 4.33. The second-order valence-corrected chi connectivity index (χ2v) is 8.36. The van der Waals surface area contributed by atoms with Gasteiger partial charge < -0.3 is 9.32 Å². The highest BCUT2D eigenvalue weighted by Crippen LogP contribution is 2.47. The third kappa shape index (κ3) is 3.84. The molecule has 0 N–H and O–H groups in total. The van der Waals surface area contributed by atoms with Gasteiger partial charge in [0, 0.05) is 38.2 Å². The highest BCUT2D eigenvalue weighted by atomic mass is 32.2. The SMILES string of the molecule is CC1CC1c1ccc(/C=C/C(=O)N2CCN(S(C)(=O)=O)CC2)o1. The van der Waals surface area contributed by atoms with Crippen LogP contribution in [0.15, 0.2) is 22.6 Å². The van der Waals surface area contributed by atoms with Crippen molar-refractivity contribution in [2.45, 2.75) is 19.3 Å². The number of piperazine rings is 1. The van der Waals surface area contributed by atoms with E-state index in [4.69, 9.17) is 4.42 Å². The fraction of sp³-hybridized carbons (Fsp3) is 0.562. The number of hydrogen-bond acceptors (Lipinski definition) is 4. The molecule has 1 amide bonds. The summed E-state index contributed by atoms with van der Waals surface area (Å²) < 4.78 is 30.0. The maximum Gasteiger partial charge on any atom is 0.246 e. The molecule has 1 aliphatic carbocycles. The van der Waals surface area contributed by atoms with Crippen LogP contribution in [0, 0.1) is 5.92 Å². The van der Waals surface area contributed by atoms with Crippen LogP contribution < -0.4 is 0 Å². The van der Waals surface area contributed by atoms with E-state index < -0.39 is 10.0 Å². The van der Waals surface area contributed by atoms with Crippen molar-refractivity contribution < 1.29 is 17.6 Å². The monoisotopic (exact) mass is 338 g/mol. The van der Waals surface area contributed by atoms with Crippen molar-refractivity contribution in [3.63, 3.8) is 0 Å². The van der Waals surface area contributed by atoms with Crippen LogP contribution in [-0.2, 0) is 14.8 Å². The van der Waals surface area contributed by atoms with Crippen LogP contribution in [0.4, 0.5) is 0 Å². The molecule has 3 rings (SSSR count). The van der Waals surface area contributed by atoms with Crippen LogP contribution in [0.25, 0.3) is 6.08 Å². The Morgan fingerprint density at radius 3 is 2.48 bits per heavy atom. The molecule has 2 unspecified atom stereocenters. The maximum atomic E-state index is 12.2. The van der Waals surface area contributed by atoms with Crippen LogP contribution in [0.5, 0.6) is 0 Å². The van der Waals surface area contributed by atoms with Crippen LogP contribution >= 0.6 is 0 Å². The van der Waals surface area contributed by atoms with Crippen molar-refractivity contribution in [2.75, 3.05) is 32.4 Å². The van der Waals surface area contributed by atoms with Gasteiger partial charge in [0.1, 0.15) is 11.5 Å². The van der Waals surface area contributed by atoms with Crippen LogP contribution in [0.3, 0.4) is 0 Å². The third-order valence-electron chi connectivity index (χ3n) is 4.53. The van der Waals surface area contributed by atoms with Crippen LogP contribution in [0.2, 0.25) is 0 Å². The third-order valence-corrected chi connectivity index (χ3v) is 5.84. The lowest BCUT2D eigenvalue weighted by atomic mass is 10.3. The van der Waals surface area contributed by atoms with Crippen molar-refractivity contribution in [2.24, 2.45) is 5.92 Å². The van der Waals surface area contributed by atoms with E-state index in [9.17, 15) is 13.2 Å². The van der Waals surface area contributed by atoms with E-state index in [1.807, 2.05) is 12.1 Å². The Morgan fingerprint density at radius 2 is 1.91 bits per heavy atom. The lowest BCUT2D eigenvalue weighted by molar-refractivity contribution is -0.127. The quantitative estimate of drug-likeness (QED) is 0.781. The smallest absolute Gasteiger partial charge is 0.246 e. The van der Waals surface area contributed by atoms with Gasteiger partial charge in [-0.05, 0) is 30.5 Å². The van der Waals surface area contributed by atoms with E-state index in [1.54, 1.807) is 11.0 Å². The summed E-state index contributed by atoms with van der Waals surface area (Å²) in [5, 5.41) is 0. The largest absolute Gasteiger partial charge is 0.461 e. The van der Waals surface area contributed by atoms with E-state index in [0.29, 0.717) is 43.8 Å². The summed E-state index contributed by atoms with van der Waals surface area (Å²) >= 11 is 0. The summed E-state index contributed by atoms with van der Waals surface area (Å²) in [5.74, 6) is 2.77. The van der Waals surface area contributed by atoms with Gasteiger partial charge in [0.05, 0.1) is 6.26 Å². The minimum atomic E-state index is -3.17. The summed E-state index contributed by atoms with van der Waals surface area (Å²) in [6.07, 6.45) is 5.54. The number of nitrogens with zero attached hydrogens (tertiary/aromatic N) is 2. The number of furan rings is 1. The Hall–Kier alpha value is -1.60. The molecule has 1 saturated carbocycles. The van der Waals surface area contributed by atoms with Gasteiger partial charge in [0.25, 0.3) is 0 Å².